The van der Waals surface area contributed by atoms with Gasteiger partial charge < -0.3 is 14.6 Å². The number of ether oxygens (including phenoxy) is 1. The van der Waals surface area contributed by atoms with Crippen molar-refractivity contribution in [2.75, 3.05) is 20.3 Å². The second-order valence-electron chi connectivity index (χ2n) is 8.83. The Labute approximate surface area is 228 Å². The summed E-state index contributed by atoms with van der Waals surface area (Å²) in [6.07, 6.45) is 2.28. The van der Waals surface area contributed by atoms with E-state index in [1.165, 1.54) is 17.7 Å². The molecular formula is C27H26FN3O6S2. The third-order valence-corrected chi connectivity index (χ3v) is 9.24. The van der Waals surface area contributed by atoms with Gasteiger partial charge in [-0.3, -0.25) is 14.4 Å². The van der Waals surface area contributed by atoms with Crippen molar-refractivity contribution in [2.24, 2.45) is 7.05 Å². The summed E-state index contributed by atoms with van der Waals surface area (Å²) >= 11 is 1.02. The van der Waals surface area contributed by atoms with Crippen molar-refractivity contribution < 1.29 is 27.1 Å². The number of nitrogens with one attached hydrogen (secondary N) is 1. The number of nitrogens with zero attached hydrogens (tertiary/aromatic N) is 2. The van der Waals surface area contributed by atoms with Gasteiger partial charge in [0.15, 0.2) is 20.9 Å². The van der Waals surface area contributed by atoms with Crippen molar-refractivity contribution in [2.45, 2.75) is 23.0 Å². The molecule has 12 heteroatoms. The number of aromatic nitrogens is 2. The van der Waals surface area contributed by atoms with Crippen molar-refractivity contribution >= 4 is 43.1 Å². The molecule has 2 aromatic heterocycles. The number of thiazole rings is 1. The molecule has 1 atom stereocenters. The fraction of sp³-hybridized carbons (Fsp3) is 0.259. The molecule has 0 spiro atoms. The second-order valence-corrected chi connectivity index (χ2v) is 11.9. The molecule has 0 radical (unpaired) electrons. The van der Waals surface area contributed by atoms with Gasteiger partial charge in [-0.05, 0) is 60.0 Å². The van der Waals surface area contributed by atoms with Crippen LogP contribution in [0.1, 0.15) is 23.1 Å². The number of hydrogen-bond donors (Lipinski definition) is 1. The highest BCUT2D eigenvalue weighted by atomic mass is 32.2. The summed E-state index contributed by atoms with van der Waals surface area (Å²) in [5.74, 6) is -1.81. The number of ketones is 1. The molecule has 2 heterocycles. The van der Waals surface area contributed by atoms with Gasteiger partial charge in [0.2, 0.25) is 5.91 Å². The minimum atomic E-state index is -4.37. The molecular weight excluding hydrogens is 545 g/mol. The van der Waals surface area contributed by atoms with Crippen LogP contribution in [0, 0.1) is 5.82 Å². The maximum absolute atomic E-state index is 13.6. The number of benzene rings is 2. The number of sulfone groups is 1. The molecule has 1 unspecified atom stereocenters. The fourth-order valence-electron chi connectivity index (χ4n) is 3.89. The standard InChI is InChI=1S/C27H26FN3O6S2/c1-31-12-11-18(15-24(31)33)17-5-10-22-23(14-17)38-27(30-22)25(26(34)29-16-20(32)4-3-13-37-2)39(35,36)21-8-6-19(28)7-9-21/h5-12,14-15,25H,3-4,13,16H2,1-2H3,(H,29,34). The number of rotatable bonds is 11. The van der Waals surface area contributed by atoms with Crippen LogP contribution in [-0.4, -0.2) is 49.9 Å². The van der Waals surface area contributed by atoms with Crippen LogP contribution in [-0.2, 0) is 31.2 Å². The van der Waals surface area contributed by atoms with E-state index in [1.54, 1.807) is 37.5 Å². The Kier molecular flexibility index (Phi) is 8.68. The normalized spacial score (nSPS) is 12.4. The second kappa shape index (κ2) is 12.0. The predicted octanol–water partition coefficient (Wildman–Crippen LogP) is 3.43. The number of methoxy groups -OCH3 is 1. The Morgan fingerprint density at radius 3 is 2.51 bits per heavy atom. The first-order valence-corrected chi connectivity index (χ1v) is 14.3. The molecule has 0 aliphatic heterocycles. The lowest BCUT2D eigenvalue weighted by atomic mass is 10.1. The molecule has 39 heavy (non-hydrogen) atoms. The number of aryl methyl sites for hydroxylation is 1. The summed E-state index contributed by atoms with van der Waals surface area (Å²) in [6, 6.07) is 12.6. The Morgan fingerprint density at radius 1 is 1.10 bits per heavy atom. The summed E-state index contributed by atoms with van der Waals surface area (Å²) in [5.41, 5.74) is 1.68. The maximum atomic E-state index is 13.6. The Balaban J connectivity index is 1.70. The van der Waals surface area contributed by atoms with E-state index in [0.717, 1.165) is 41.2 Å². The van der Waals surface area contributed by atoms with Gasteiger partial charge in [0.25, 0.3) is 5.56 Å². The quantitative estimate of drug-likeness (QED) is 0.216. The monoisotopic (exact) mass is 571 g/mol. The third kappa shape index (κ3) is 6.47. The SMILES string of the molecule is COCCCC(=O)CNC(=O)C(c1nc2ccc(-c3ccn(C)c(=O)c3)cc2s1)S(=O)(=O)c1ccc(F)cc1. The molecule has 204 valence electrons. The number of amides is 1. The average Bonchev–Trinajstić information content (AvgIpc) is 3.32. The number of carbonyl (C=O) groups excluding carboxylic acids is 2. The topological polar surface area (TPSA) is 124 Å². The van der Waals surface area contributed by atoms with Gasteiger partial charge in [-0.1, -0.05) is 6.07 Å². The lowest BCUT2D eigenvalue weighted by Crippen LogP contribution is -2.37. The molecule has 0 saturated heterocycles. The highest BCUT2D eigenvalue weighted by Gasteiger charge is 2.38. The summed E-state index contributed by atoms with van der Waals surface area (Å²) in [6.45, 7) is 0.0303. The van der Waals surface area contributed by atoms with Crippen LogP contribution in [0.15, 0.2) is 70.5 Å². The fourth-order valence-corrected chi connectivity index (χ4v) is 6.87. The molecule has 4 rings (SSSR count). The van der Waals surface area contributed by atoms with E-state index in [4.69, 9.17) is 4.74 Å². The van der Waals surface area contributed by atoms with Crippen LogP contribution < -0.4 is 10.9 Å². The van der Waals surface area contributed by atoms with Crippen LogP contribution in [0.5, 0.6) is 0 Å². The molecule has 0 bridgehead atoms. The van der Waals surface area contributed by atoms with Crippen LogP contribution in [0.25, 0.3) is 21.3 Å². The summed E-state index contributed by atoms with van der Waals surface area (Å²) in [7, 11) is -1.21. The number of hydrogen-bond acceptors (Lipinski definition) is 8. The first-order valence-electron chi connectivity index (χ1n) is 12.0. The number of carbonyl (C=O) groups is 2. The lowest BCUT2D eigenvalue weighted by Gasteiger charge is -2.15. The van der Waals surface area contributed by atoms with Crippen molar-refractivity contribution in [1.29, 1.82) is 0 Å². The Bertz CT molecular complexity index is 1680. The van der Waals surface area contributed by atoms with Gasteiger partial charge in [0.1, 0.15) is 10.8 Å². The minimum Gasteiger partial charge on any atom is -0.385 e. The average molecular weight is 572 g/mol. The molecule has 2 aromatic carbocycles. The van der Waals surface area contributed by atoms with Crippen LogP contribution >= 0.6 is 11.3 Å². The summed E-state index contributed by atoms with van der Waals surface area (Å²) in [5, 5.41) is 0.671. The first kappa shape index (κ1) is 28.3. The molecule has 9 nitrogen and oxygen atoms in total. The van der Waals surface area contributed by atoms with E-state index >= 15 is 0 Å². The third-order valence-electron chi connectivity index (χ3n) is 6.02. The van der Waals surface area contributed by atoms with Crippen molar-refractivity contribution in [1.82, 2.24) is 14.9 Å². The van der Waals surface area contributed by atoms with Gasteiger partial charge in [0, 0.05) is 39.4 Å². The zero-order chi connectivity index (χ0) is 28.2. The van der Waals surface area contributed by atoms with Gasteiger partial charge >= 0.3 is 0 Å². The highest BCUT2D eigenvalue weighted by molar-refractivity contribution is 7.92. The van der Waals surface area contributed by atoms with Gasteiger partial charge in [-0.15, -0.1) is 11.3 Å². The summed E-state index contributed by atoms with van der Waals surface area (Å²) < 4.78 is 47.7. The highest BCUT2D eigenvalue weighted by Crippen LogP contribution is 2.36. The number of fused-ring (bicyclic) bond motifs is 1. The first-order chi connectivity index (χ1) is 18.6. The Hall–Kier alpha value is -3.74. The van der Waals surface area contributed by atoms with E-state index in [-0.39, 0.29) is 34.2 Å². The van der Waals surface area contributed by atoms with E-state index < -0.39 is 26.8 Å². The van der Waals surface area contributed by atoms with Gasteiger partial charge in [-0.25, -0.2) is 17.8 Å². The van der Waals surface area contributed by atoms with Crippen LogP contribution in [0.2, 0.25) is 0 Å². The summed E-state index contributed by atoms with van der Waals surface area (Å²) in [4.78, 5) is 41.7. The van der Waals surface area contributed by atoms with E-state index in [2.05, 4.69) is 10.3 Å². The minimum absolute atomic E-state index is 0.000201. The van der Waals surface area contributed by atoms with Crippen molar-refractivity contribution in [3.63, 3.8) is 0 Å². The molecule has 1 amide bonds. The predicted molar refractivity (Wildman–Crippen MR) is 146 cm³/mol. The van der Waals surface area contributed by atoms with E-state index in [0.29, 0.717) is 28.8 Å². The number of halogens is 1. The zero-order valence-electron chi connectivity index (χ0n) is 21.2. The lowest BCUT2D eigenvalue weighted by molar-refractivity contribution is -0.125. The molecule has 0 aliphatic rings. The molecule has 4 aromatic rings. The van der Waals surface area contributed by atoms with E-state index in [1.807, 2.05) is 0 Å². The van der Waals surface area contributed by atoms with Crippen LogP contribution in [0.3, 0.4) is 0 Å². The molecule has 0 fully saturated rings. The van der Waals surface area contributed by atoms with Gasteiger partial charge in [0.05, 0.1) is 21.7 Å². The van der Waals surface area contributed by atoms with E-state index in [9.17, 15) is 27.2 Å². The number of pyridine rings is 1. The zero-order valence-corrected chi connectivity index (χ0v) is 22.9. The maximum Gasteiger partial charge on any atom is 0.250 e. The molecule has 1 N–H and O–H groups in total. The number of Topliss-reactive ketones (excluding diaryl/α,β-unsaturated/α-hetero) is 1. The molecule has 0 aliphatic carbocycles. The van der Waals surface area contributed by atoms with Crippen molar-refractivity contribution in [3.8, 4) is 11.1 Å². The Morgan fingerprint density at radius 2 is 1.82 bits per heavy atom. The smallest absolute Gasteiger partial charge is 0.250 e. The van der Waals surface area contributed by atoms with Crippen LogP contribution in [0.4, 0.5) is 4.39 Å². The molecule has 0 saturated carbocycles. The van der Waals surface area contributed by atoms with Gasteiger partial charge in [-0.2, -0.15) is 0 Å². The largest absolute Gasteiger partial charge is 0.385 e. The van der Waals surface area contributed by atoms with Crippen molar-refractivity contribution in [3.05, 3.63) is 82.0 Å².